The molecular weight excluding hydrogens is 314 g/mol. The third kappa shape index (κ3) is 4.32. The molecule has 1 heterocycles. The van der Waals surface area contributed by atoms with E-state index in [1.54, 1.807) is 0 Å². The number of hydrogen-bond donors (Lipinski definition) is 1. The fraction of sp³-hybridized carbons (Fsp3) is 0.250. The van der Waals surface area contributed by atoms with Crippen molar-refractivity contribution in [1.29, 1.82) is 0 Å². The van der Waals surface area contributed by atoms with E-state index < -0.39 is 0 Å². The molecule has 128 valence electrons. The van der Waals surface area contributed by atoms with Crippen LogP contribution in [0.4, 0.5) is 0 Å². The van der Waals surface area contributed by atoms with Crippen LogP contribution in [0.3, 0.4) is 0 Å². The van der Waals surface area contributed by atoms with E-state index in [4.69, 9.17) is 4.42 Å². The van der Waals surface area contributed by atoms with Crippen LogP contribution >= 0.6 is 0 Å². The first kappa shape index (κ1) is 16.9. The van der Waals surface area contributed by atoms with Crippen molar-refractivity contribution in [3.8, 4) is 11.5 Å². The summed E-state index contributed by atoms with van der Waals surface area (Å²) in [6.07, 6.45) is 1.60. The van der Waals surface area contributed by atoms with Crippen LogP contribution in [-0.4, -0.2) is 16.1 Å². The molecule has 0 aliphatic heterocycles. The number of aryl methyl sites for hydroxylation is 1. The Morgan fingerprint density at radius 1 is 1.04 bits per heavy atom. The van der Waals surface area contributed by atoms with Crippen molar-refractivity contribution in [1.82, 2.24) is 15.5 Å². The lowest BCUT2D eigenvalue weighted by molar-refractivity contribution is -0.119. The summed E-state index contributed by atoms with van der Waals surface area (Å²) < 4.78 is 5.81. The first-order valence-corrected chi connectivity index (χ1v) is 8.39. The van der Waals surface area contributed by atoms with E-state index in [0.29, 0.717) is 18.2 Å². The van der Waals surface area contributed by atoms with Gasteiger partial charge in [-0.05, 0) is 29.7 Å². The van der Waals surface area contributed by atoms with Gasteiger partial charge < -0.3 is 9.73 Å². The third-order valence-electron chi connectivity index (χ3n) is 4.01. The smallest absolute Gasteiger partial charge is 0.247 e. The van der Waals surface area contributed by atoms with E-state index in [1.807, 2.05) is 30.3 Å². The van der Waals surface area contributed by atoms with E-state index >= 15 is 0 Å². The van der Waals surface area contributed by atoms with Crippen LogP contribution in [-0.2, 0) is 17.6 Å². The Balaban J connectivity index is 1.83. The first-order chi connectivity index (χ1) is 12.2. The Kier molecular flexibility index (Phi) is 5.23. The highest BCUT2D eigenvalue weighted by Gasteiger charge is 2.21. The van der Waals surface area contributed by atoms with E-state index in [2.05, 4.69) is 46.7 Å². The van der Waals surface area contributed by atoms with Crippen molar-refractivity contribution in [3.63, 3.8) is 0 Å². The van der Waals surface area contributed by atoms with Gasteiger partial charge >= 0.3 is 0 Å². The normalized spacial score (nSPS) is 11.9. The van der Waals surface area contributed by atoms with Crippen LogP contribution in [0.2, 0.25) is 0 Å². The quantitative estimate of drug-likeness (QED) is 0.745. The number of rotatable bonds is 6. The van der Waals surface area contributed by atoms with Gasteiger partial charge in [0.2, 0.25) is 17.7 Å². The van der Waals surface area contributed by atoms with Gasteiger partial charge in [-0.15, -0.1) is 10.2 Å². The Bertz CT molecular complexity index is 826. The molecule has 1 unspecified atom stereocenters. The van der Waals surface area contributed by atoms with Gasteiger partial charge in [-0.2, -0.15) is 0 Å². The minimum Gasteiger partial charge on any atom is -0.418 e. The number of carbonyl (C=O) groups is 1. The van der Waals surface area contributed by atoms with Crippen molar-refractivity contribution in [2.45, 2.75) is 32.7 Å². The average molecular weight is 335 g/mol. The van der Waals surface area contributed by atoms with Gasteiger partial charge in [-0.1, -0.05) is 49.4 Å². The highest BCUT2D eigenvalue weighted by atomic mass is 16.4. The lowest BCUT2D eigenvalue weighted by Crippen LogP contribution is -2.28. The first-order valence-electron chi connectivity index (χ1n) is 8.39. The predicted molar refractivity (Wildman–Crippen MR) is 95.8 cm³/mol. The summed E-state index contributed by atoms with van der Waals surface area (Å²) in [4.78, 5) is 11.6. The van der Waals surface area contributed by atoms with Crippen LogP contribution in [0.15, 0.2) is 59.0 Å². The molecule has 1 amide bonds. The lowest BCUT2D eigenvalue weighted by Gasteiger charge is -2.14. The van der Waals surface area contributed by atoms with Gasteiger partial charge in [0.15, 0.2) is 0 Å². The van der Waals surface area contributed by atoms with E-state index in [9.17, 15) is 4.79 Å². The Morgan fingerprint density at radius 3 is 2.36 bits per heavy atom. The number of aromatic nitrogens is 2. The maximum Gasteiger partial charge on any atom is 0.247 e. The zero-order valence-electron chi connectivity index (χ0n) is 14.4. The third-order valence-corrected chi connectivity index (χ3v) is 4.01. The largest absolute Gasteiger partial charge is 0.418 e. The molecule has 3 aromatic rings. The fourth-order valence-corrected chi connectivity index (χ4v) is 2.66. The summed E-state index contributed by atoms with van der Waals surface area (Å²) in [6.45, 7) is 3.61. The Hall–Kier alpha value is -2.95. The second-order valence-corrected chi connectivity index (χ2v) is 5.94. The molecule has 0 spiro atoms. The molecule has 25 heavy (non-hydrogen) atoms. The summed E-state index contributed by atoms with van der Waals surface area (Å²) in [6, 6.07) is 17.6. The summed E-state index contributed by atoms with van der Waals surface area (Å²) in [7, 11) is 0. The van der Waals surface area contributed by atoms with Crippen LogP contribution < -0.4 is 5.32 Å². The zero-order valence-corrected chi connectivity index (χ0v) is 14.4. The Morgan fingerprint density at radius 2 is 1.72 bits per heavy atom. The molecule has 5 heteroatoms. The van der Waals surface area contributed by atoms with Gasteiger partial charge in [0.25, 0.3) is 0 Å². The second kappa shape index (κ2) is 7.75. The van der Waals surface area contributed by atoms with Crippen molar-refractivity contribution >= 4 is 5.91 Å². The number of carbonyl (C=O) groups excluding carboxylic acids is 1. The number of amides is 1. The van der Waals surface area contributed by atoms with E-state index in [-0.39, 0.29) is 11.9 Å². The zero-order chi connectivity index (χ0) is 17.6. The second-order valence-electron chi connectivity index (χ2n) is 5.94. The van der Waals surface area contributed by atoms with Crippen LogP contribution in [0.25, 0.3) is 11.5 Å². The molecule has 0 bridgehead atoms. The Labute approximate surface area is 147 Å². The summed E-state index contributed by atoms with van der Waals surface area (Å²) in [5, 5.41) is 11.2. The number of hydrogen-bond acceptors (Lipinski definition) is 4. The summed E-state index contributed by atoms with van der Waals surface area (Å²) in [5.41, 5.74) is 3.24. The minimum absolute atomic E-state index is 0.130. The SMILES string of the molecule is CCc1ccc(CC(NC(C)=O)c2nnc(-c3ccccc3)o2)cc1. The lowest BCUT2D eigenvalue weighted by atomic mass is 10.0. The van der Waals surface area contributed by atoms with Gasteiger partial charge in [-0.25, -0.2) is 0 Å². The van der Waals surface area contributed by atoms with Crippen molar-refractivity contribution < 1.29 is 9.21 Å². The molecule has 0 radical (unpaired) electrons. The van der Waals surface area contributed by atoms with Crippen molar-refractivity contribution in [3.05, 3.63) is 71.6 Å². The van der Waals surface area contributed by atoms with Crippen molar-refractivity contribution in [2.24, 2.45) is 0 Å². The monoisotopic (exact) mass is 335 g/mol. The molecule has 0 aliphatic carbocycles. The van der Waals surface area contributed by atoms with Gasteiger partial charge in [0.05, 0.1) is 0 Å². The summed E-state index contributed by atoms with van der Waals surface area (Å²) >= 11 is 0. The molecular formula is C20H21N3O2. The highest BCUT2D eigenvalue weighted by Crippen LogP contribution is 2.23. The standard InChI is InChI=1S/C20H21N3O2/c1-3-15-9-11-16(12-10-15)13-18(21-14(2)24)20-23-22-19(25-20)17-7-5-4-6-8-17/h4-12,18H,3,13H2,1-2H3,(H,21,24). The van der Waals surface area contributed by atoms with Gasteiger partial charge in [-0.3, -0.25) is 4.79 Å². The van der Waals surface area contributed by atoms with E-state index in [0.717, 1.165) is 17.5 Å². The predicted octanol–water partition coefficient (Wildman–Crippen LogP) is 3.72. The minimum atomic E-state index is -0.352. The van der Waals surface area contributed by atoms with Crippen LogP contribution in [0.1, 0.15) is 36.9 Å². The number of nitrogens with zero attached hydrogens (tertiary/aromatic N) is 2. The topological polar surface area (TPSA) is 68.0 Å². The fourth-order valence-electron chi connectivity index (χ4n) is 2.66. The number of nitrogens with one attached hydrogen (secondary N) is 1. The molecule has 3 rings (SSSR count). The molecule has 5 nitrogen and oxygen atoms in total. The van der Waals surface area contributed by atoms with Gasteiger partial charge in [0, 0.05) is 18.9 Å². The maximum absolute atomic E-state index is 11.6. The summed E-state index contributed by atoms with van der Waals surface area (Å²) in [5.74, 6) is 0.732. The molecule has 2 aromatic carbocycles. The molecule has 0 saturated carbocycles. The number of benzene rings is 2. The molecule has 0 aliphatic rings. The van der Waals surface area contributed by atoms with Crippen LogP contribution in [0, 0.1) is 0 Å². The molecule has 1 N–H and O–H groups in total. The maximum atomic E-state index is 11.6. The molecule has 0 saturated heterocycles. The van der Waals surface area contributed by atoms with Crippen molar-refractivity contribution in [2.75, 3.05) is 0 Å². The molecule has 1 aromatic heterocycles. The average Bonchev–Trinajstić information content (AvgIpc) is 3.12. The van der Waals surface area contributed by atoms with Crippen LogP contribution in [0.5, 0.6) is 0 Å². The van der Waals surface area contributed by atoms with Gasteiger partial charge in [0.1, 0.15) is 6.04 Å². The van der Waals surface area contributed by atoms with E-state index in [1.165, 1.54) is 12.5 Å². The highest BCUT2D eigenvalue weighted by molar-refractivity contribution is 5.73. The molecule has 1 atom stereocenters. The molecule has 0 fully saturated rings.